The molecule has 3 rings (SSSR count). The fourth-order valence-electron chi connectivity index (χ4n) is 3.54. The third kappa shape index (κ3) is 5.66. The zero-order valence-electron chi connectivity index (χ0n) is 17.4. The lowest BCUT2D eigenvalue weighted by molar-refractivity contribution is -0.0262. The number of hydrogen-bond acceptors (Lipinski definition) is 2. The molecule has 0 aromatic carbocycles. The molecule has 0 aliphatic heterocycles. The molecule has 2 heterocycles. The summed E-state index contributed by atoms with van der Waals surface area (Å²) in [5.74, 6) is 0. The van der Waals surface area contributed by atoms with Crippen molar-refractivity contribution in [1.29, 1.82) is 0 Å². The van der Waals surface area contributed by atoms with Gasteiger partial charge in [-0.3, -0.25) is 0 Å². The number of aliphatic hydroxyl groups is 1. The Kier molecular flexibility index (Phi) is 6.87. The van der Waals surface area contributed by atoms with Crippen LogP contribution in [-0.4, -0.2) is 34.5 Å². The monoisotopic (exact) mass is 375 g/mol. The number of aromatic nitrogens is 1. The van der Waals surface area contributed by atoms with Gasteiger partial charge in [0.1, 0.15) is 5.67 Å². The third-order valence-corrected chi connectivity index (χ3v) is 5.46. The van der Waals surface area contributed by atoms with Gasteiger partial charge in [0, 0.05) is 31.0 Å². The maximum Gasteiger partial charge on any atom is 0.108 e. The van der Waals surface area contributed by atoms with Gasteiger partial charge in [0.05, 0.1) is 17.7 Å². The second kappa shape index (κ2) is 8.57. The zero-order chi connectivity index (χ0) is 20.2. The Morgan fingerprint density at radius 2 is 1.93 bits per heavy atom. The smallest absolute Gasteiger partial charge is 0.108 e. The van der Waals surface area contributed by atoms with Crippen LogP contribution in [0.25, 0.3) is 11.1 Å². The maximum absolute atomic E-state index is 13.1. The molecule has 4 heteroatoms. The molecule has 0 amide bonds. The first-order valence-electron chi connectivity index (χ1n) is 9.72. The van der Waals surface area contributed by atoms with Gasteiger partial charge in [0.2, 0.25) is 0 Å². The van der Waals surface area contributed by atoms with Crippen molar-refractivity contribution in [2.45, 2.75) is 71.1 Å². The van der Waals surface area contributed by atoms with Crippen molar-refractivity contribution in [1.82, 2.24) is 4.40 Å². The van der Waals surface area contributed by atoms with Crippen LogP contribution in [0.15, 0.2) is 31.0 Å². The molecular weight excluding hydrogens is 341 g/mol. The van der Waals surface area contributed by atoms with Gasteiger partial charge in [-0.15, -0.1) is 0 Å². The van der Waals surface area contributed by atoms with E-state index >= 15 is 0 Å². The number of allylic oxidation sites excluding steroid dienone is 1. The van der Waals surface area contributed by atoms with Gasteiger partial charge in [-0.05, 0) is 76.6 Å². The summed E-state index contributed by atoms with van der Waals surface area (Å²) in [6.07, 6.45) is 5.23. The van der Waals surface area contributed by atoms with Crippen molar-refractivity contribution < 1.29 is 14.2 Å². The molecule has 2 aromatic heterocycles. The Balaban J connectivity index is 0.000000223. The highest BCUT2D eigenvalue weighted by Crippen LogP contribution is 2.36. The summed E-state index contributed by atoms with van der Waals surface area (Å²) in [5, 5.41) is 9.44. The third-order valence-electron chi connectivity index (χ3n) is 5.46. The number of fused-ring (bicyclic) bond motifs is 1. The fraction of sp³-hybridized carbons (Fsp3) is 0.565. The fourth-order valence-corrected chi connectivity index (χ4v) is 3.54. The number of aryl methyl sites for hydroxylation is 1. The Morgan fingerprint density at radius 1 is 1.30 bits per heavy atom. The second-order valence-electron chi connectivity index (χ2n) is 8.39. The maximum atomic E-state index is 13.1. The van der Waals surface area contributed by atoms with Crippen molar-refractivity contribution in [3.05, 3.63) is 47.8 Å². The van der Waals surface area contributed by atoms with Crippen molar-refractivity contribution >= 4 is 11.1 Å². The summed E-state index contributed by atoms with van der Waals surface area (Å²) in [6, 6.07) is 6.45. The SMILES string of the molecule is C=C(C)c1cc(CCOC)n2cccc(C)c12.CC1(O)CCC(C)(F)CC1. The minimum atomic E-state index is -1.03. The quantitative estimate of drug-likeness (QED) is 0.764. The normalized spacial score (nSPS) is 25.1. The first-order chi connectivity index (χ1) is 12.6. The number of halogens is 1. The Morgan fingerprint density at radius 3 is 2.44 bits per heavy atom. The van der Waals surface area contributed by atoms with Crippen molar-refractivity contribution in [2.24, 2.45) is 0 Å². The highest BCUT2D eigenvalue weighted by Gasteiger charge is 2.35. The molecule has 1 fully saturated rings. The number of ether oxygens (including phenoxy) is 1. The summed E-state index contributed by atoms with van der Waals surface area (Å²) in [6.45, 7) is 12.4. The zero-order valence-corrected chi connectivity index (χ0v) is 17.4. The highest BCUT2D eigenvalue weighted by molar-refractivity contribution is 5.80. The predicted octanol–water partition coefficient (Wildman–Crippen LogP) is 5.51. The van der Waals surface area contributed by atoms with Crippen LogP contribution in [0.3, 0.4) is 0 Å². The van der Waals surface area contributed by atoms with Crippen LogP contribution in [0.4, 0.5) is 4.39 Å². The number of alkyl halides is 1. The molecule has 1 aliphatic rings. The summed E-state index contributed by atoms with van der Waals surface area (Å²) in [7, 11) is 1.74. The van der Waals surface area contributed by atoms with E-state index < -0.39 is 11.3 Å². The van der Waals surface area contributed by atoms with Crippen molar-refractivity contribution in [3.63, 3.8) is 0 Å². The molecule has 1 saturated carbocycles. The molecule has 0 unspecified atom stereocenters. The van der Waals surface area contributed by atoms with Gasteiger partial charge >= 0.3 is 0 Å². The predicted molar refractivity (Wildman–Crippen MR) is 111 cm³/mol. The van der Waals surface area contributed by atoms with Crippen LogP contribution >= 0.6 is 0 Å². The molecule has 1 N–H and O–H groups in total. The molecule has 2 aromatic rings. The van der Waals surface area contributed by atoms with Crippen LogP contribution in [-0.2, 0) is 11.2 Å². The minimum Gasteiger partial charge on any atom is -0.390 e. The lowest BCUT2D eigenvalue weighted by Gasteiger charge is -2.35. The van der Waals surface area contributed by atoms with Crippen molar-refractivity contribution in [2.75, 3.05) is 13.7 Å². The number of nitrogens with zero attached hydrogens (tertiary/aromatic N) is 1. The molecule has 0 radical (unpaired) electrons. The first kappa shape index (κ1) is 21.6. The number of hydrogen-bond donors (Lipinski definition) is 1. The van der Waals surface area contributed by atoms with Crippen molar-refractivity contribution in [3.8, 4) is 0 Å². The summed E-state index contributed by atoms with van der Waals surface area (Å²) in [5.41, 5.74) is 4.56. The Bertz CT molecular complexity index is 761. The van der Waals surface area contributed by atoms with E-state index in [0.717, 1.165) is 18.6 Å². The van der Waals surface area contributed by atoms with Crippen LogP contribution in [0.5, 0.6) is 0 Å². The van der Waals surface area contributed by atoms with Crippen LogP contribution < -0.4 is 0 Å². The van der Waals surface area contributed by atoms with E-state index in [4.69, 9.17) is 4.74 Å². The molecule has 1 aliphatic carbocycles. The summed E-state index contributed by atoms with van der Waals surface area (Å²) < 4.78 is 20.5. The van der Waals surface area contributed by atoms with E-state index in [2.05, 4.69) is 49.2 Å². The van der Waals surface area contributed by atoms with E-state index in [1.165, 1.54) is 22.3 Å². The number of rotatable bonds is 4. The lowest BCUT2D eigenvalue weighted by Crippen LogP contribution is -2.36. The Hall–Kier alpha value is -1.65. The van der Waals surface area contributed by atoms with E-state index in [0.29, 0.717) is 25.7 Å². The average Bonchev–Trinajstić information content (AvgIpc) is 2.97. The minimum absolute atomic E-state index is 0.500. The van der Waals surface area contributed by atoms with Crippen LogP contribution in [0.2, 0.25) is 0 Å². The Labute approximate surface area is 162 Å². The number of methoxy groups -OCH3 is 1. The topological polar surface area (TPSA) is 33.9 Å². The van der Waals surface area contributed by atoms with E-state index in [1.807, 2.05) is 0 Å². The summed E-state index contributed by atoms with van der Waals surface area (Å²) >= 11 is 0. The standard InChI is InChI=1S/C15H19NO.C8H15FO/c1-11(2)14-10-13(7-9-17-4)16-8-5-6-12(3)15(14)16;1-7(9)3-5-8(2,10)6-4-7/h5-6,8,10H,1,7,9H2,2-4H3;10H,3-6H2,1-2H3. The molecule has 150 valence electrons. The van der Waals surface area contributed by atoms with Gasteiger partial charge in [-0.25, -0.2) is 4.39 Å². The van der Waals surface area contributed by atoms with Gasteiger partial charge in [-0.2, -0.15) is 0 Å². The van der Waals surface area contributed by atoms with E-state index in [1.54, 1.807) is 21.0 Å². The van der Waals surface area contributed by atoms with Gasteiger partial charge < -0.3 is 14.2 Å². The number of pyridine rings is 1. The molecule has 0 saturated heterocycles. The average molecular weight is 376 g/mol. The molecule has 0 atom stereocenters. The molecule has 0 spiro atoms. The van der Waals surface area contributed by atoms with Gasteiger partial charge in [0.25, 0.3) is 0 Å². The first-order valence-corrected chi connectivity index (χ1v) is 9.72. The van der Waals surface area contributed by atoms with Gasteiger partial charge in [0.15, 0.2) is 0 Å². The lowest BCUT2D eigenvalue weighted by atomic mass is 9.79. The molecule has 3 nitrogen and oxygen atoms in total. The molecular formula is C23H34FNO2. The van der Waals surface area contributed by atoms with Crippen LogP contribution in [0.1, 0.15) is 63.3 Å². The van der Waals surface area contributed by atoms with Gasteiger partial charge in [-0.1, -0.05) is 12.6 Å². The molecule has 27 heavy (non-hydrogen) atoms. The van der Waals surface area contributed by atoms with E-state index in [-0.39, 0.29) is 0 Å². The van der Waals surface area contributed by atoms with Crippen LogP contribution in [0, 0.1) is 6.92 Å². The largest absolute Gasteiger partial charge is 0.390 e. The highest BCUT2D eigenvalue weighted by atomic mass is 19.1. The second-order valence-corrected chi connectivity index (χ2v) is 8.39. The summed E-state index contributed by atoms with van der Waals surface area (Å²) in [4.78, 5) is 0. The molecule has 0 bridgehead atoms. The van der Waals surface area contributed by atoms with E-state index in [9.17, 15) is 9.50 Å².